The third kappa shape index (κ3) is 55.1. The van der Waals surface area contributed by atoms with Crippen molar-refractivity contribution in [2.75, 3.05) is 13.2 Å². The van der Waals surface area contributed by atoms with Crippen LogP contribution in [0.2, 0.25) is 0 Å². The van der Waals surface area contributed by atoms with Crippen molar-refractivity contribution < 1.29 is 28.6 Å². The van der Waals surface area contributed by atoms with Gasteiger partial charge in [0.2, 0.25) is 0 Å². The third-order valence-electron chi connectivity index (χ3n) is 12.1. The Labute approximate surface area is 426 Å². The molecule has 6 heteroatoms. The van der Waals surface area contributed by atoms with E-state index in [0.717, 1.165) is 89.9 Å². The van der Waals surface area contributed by atoms with Crippen LogP contribution in [-0.2, 0) is 28.6 Å². The Balaban J connectivity index is 4.16. The second-order valence-electron chi connectivity index (χ2n) is 18.8. The minimum Gasteiger partial charge on any atom is -0.462 e. The van der Waals surface area contributed by atoms with Gasteiger partial charge in [-0.3, -0.25) is 14.4 Å². The SMILES string of the molecule is CC/C=C\C/C=C\C/C=C\C/C=C\CCCCCCCCCCCCCCCCCCC(=O)OCC(COC(=O)CCCCCCCCCCC)OC(=O)CC/C=C\C/C=C\C/C=C\C/C=C\CC. The summed E-state index contributed by atoms with van der Waals surface area (Å²) in [6.07, 6.45) is 75.9. The molecule has 1 atom stereocenters. The highest BCUT2D eigenvalue weighted by molar-refractivity contribution is 5.71. The first-order chi connectivity index (χ1) is 34.0. The molecule has 0 heterocycles. The van der Waals surface area contributed by atoms with E-state index < -0.39 is 6.10 Å². The highest BCUT2D eigenvalue weighted by Crippen LogP contribution is 2.16. The average molecular weight is 960 g/mol. The van der Waals surface area contributed by atoms with Gasteiger partial charge >= 0.3 is 17.9 Å². The van der Waals surface area contributed by atoms with Gasteiger partial charge in [-0.15, -0.1) is 0 Å². The zero-order valence-electron chi connectivity index (χ0n) is 45.0. The van der Waals surface area contributed by atoms with Crippen LogP contribution in [-0.4, -0.2) is 37.2 Å². The van der Waals surface area contributed by atoms with Crippen LogP contribution in [0.4, 0.5) is 0 Å². The Kier molecular flexibility index (Phi) is 53.9. The summed E-state index contributed by atoms with van der Waals surface area (Å²) in [7, 11) is 0. The molecule has 0 aliphatic carbocycles. The fraction of sp³-hybridized carbons (Fsp3) is 0.698. The molecule has 0 aromatic carbocycles. The molecule has 0 saturated heterocycles. The van der Waals surface area contributed by atoms with Gasteiger partial charge in [-0.05, 0) is 83.5 Å². The molecule has 394 valence electrons. The second-order valence-corrected chi connectivity index (χ2v) is 18.8. The van der Waals surface area contributed by atoms with E-state index in [-0.39, 0.29) is 37.5 Å². The number of hydrogen-bond donors (Lipinski definition) is 0. The number of carbonyl (C=O) groups is 3. The number of ether oxygens (including phenoxy) is 3. The van der Waals surface area contributed by atoms with E-state index in [0.29, 0.717) is 19.3 Å². The van der Waals surface area contributed by atoms with Gasteiger partial charge in [0, 0.05) is 19.3 Å². The van der Waals surface area contributed by atoms with Crippen molar-refractivity contribution in [1.29, 1.82) is 0 Å². The van der Waals surface area contributed by atoms with E-state index in [4.69, 9.17) is 14.2 Å². The molecule has 0 aromatic heterocycles. The molecule has 0 amide bonds. The quantitative estimate of drug-likeness (QED) is 0.0262. The average Bonchev–Trinajstić information content (AvgIpc) is 3.35. The lowest BCUT2D eigenvalue weighted by Gasteiger charge is -2.18. The van der Waals surface area contributed by atoms with E-state index in [1.807, 2.05) is 12.2 Å². The Bertz CT molecular complexity index is 1380. The van der Waals surface area contributed by atoms with Gasteiger partial charge in [0.15, 0.2) is 6.10 Å². The van der Waals surface area contributed by atoms with Gasteiger partial charge in [0.1, 0.15) is 13.2 Å². The molecule has 0 bridgehead atoms. The lowest BCUT2D eigenvalue weighted by atomic mass is 10.0. The Hall–Kier alpha value is -3.67. The number of hydrogen-bond acceptors (Lipinski definition) is 6. The highest BCUT2D eigenvalue weighted by atomic mass is 16.6. The molecular weight excluding hydrogens is 853 g/mol. The molecule has 1 unspecified atom stereocenters. The predicted molar refractivity (Wildman–Crippen MR) is 297 cm³/mol. The maximum Gasteiger partial charge on any atom is 0.306 e. The first-order valence-corrected chi connectivity index (χ1v) is 28.7. The lowest BCUT2D eigenvalue weighted by molar-refractivity contribution is -0.166. The van der Waals surface area contributed by atoms with E-state index in [1.54, 1.807) is 0 Å². The maximum atomic E-state index is 12.7. The van der Waals surface area contributed by atoms with Gasteiger partial charge in [0.25, 0.3) is 0 Å². The zero-order chi connectivity index (χ0) is 50.0. The first-order valence-electron chi connectivity index (χ1n) is 28.7. The van der Waals surface area contributed by atoms with Crippen molar-refractivity contribution in [2.45, 2.75) is 271 Å². The largest absolute Gasteiger partial charge is 0.462 e. The third-order valence-corrected chi connectivity index (χ3v) is 12.1. The van der Waals surface area contributed by atoms with Crippen LogP contribution < -0.4 is 0 Å². The van der Waals surface area contributed by atoms with Crippen LogP contribution in [0.25, 0.3) is 0 Å². The van der Waals surface area contributed by atoms with Crippen LogP contribution in [0.15, 0.2) is 97.2 Å². The summed E-state index contributed by atoms with van der Waals surface area (Å²) in [5, 5.41) is 0. The van der Waals surface area contributed by atoms with Crippen LogP contribution in [0.3, 0.4) is 0 Å². The fourth-order valence-electron chi connectivity index (χ4n) is 7.86. The van der Waals surface area contributed by atoms with Crippen molar-refractivity contribution in [2.24, 2.45) is 0 Å². The number of rotatable bonds is 51. The Morgan fingerprint density at radius 3 is 0.942 bits per heavy atom. The van der Waals surface area contributed by atoms with Crippen LogP contribution in [0.1, 0.15) is 265 Å². The smallest absolute Gasteiger partial charge is 0.306 e. The van der Waals surface area contributed by atoms with Crippen LogP contribution >= 0.6 is 0 Å². The van der Waals surface area contributed by atoms with Gasteiger partial charge in [-0.1, -0.05) is 259 Å². The van der Waals surface area contributed by atoms with E-state index in [1.165, 1.54) is 128 Å². The number of unbranched alkanes of at least 4 members (excludes halogenated alkanes) is 24. The first kappa shape index (κ1) is 65.3. The standard InChI is InChI=1S/C63H106O6/c1-4-7-10-13-16-19-21-23-24-25-26-27-28-29-30-31-32-33-34-35-36-37-38-40-41-44-47-50-53-56-62(65)68-59-60(58-67-61(64)55-52-49-46-43-18-15-12-9-6-3)69-63(66)57-54-51-48-45-42-39-22-20-17-14-11-8-5-2/h7-8,10-11,16-17,19-20,23-24,26-27,39,42,48,51,60H,4-6,9,12-15,18,21-22,25,28-38,40-41,43-47,49-50,52-59H2,1-3H3/b10-7-,11-8-,19-16-,20-17-,24-23-,27-26-,42-39-,51-48-. The molecule has 0 N–H and O–H groups in total. The van der Waals surface area contributed by atoms with Gasteiger partial charge in [-0.25, -0.2) is 0 Å². The van der Waals surface area contributed by atoms with Gasteiger partial charge < -0.3 is 14.2 Å². The van der Waals surface area contributed by atoms with E-state index in [2.05, 4.69) is 106 Å². The molecule has 69 heavy (non-hydrogen) atoms. The monoisotopic (exact) mass is 959 g/mol. The summed E-state index contributed by atoms with van der Waals surface area (Å²) < 4.78 is 16.7. The molecule has 6 nitrogen and oxygen atoms in total. The molecule has 0 saturated carbocycles. The van der Waals surface area contributed by atoms with Crippen molar-refractivity contribution >= 4 is 17.9 Å². The van der Waals surface area contributed by atoms with Gasteiger partial charge in [-0.2, -0.15) is 0 Å². The lowest BCUT2D eigenvalue weighted by Crippen LogP contribution is -2.30. The molecule has 0 aliphatic rings. The number of carbonyl (C=O) groups excluding carboxylic acids is 3. The summed E-state index contributed by atoms with van der Waals surface area (Å²) in [5.41, 5.74) is 0. The molecule has 0 spiro atoms. The Morgan fingerprint density at radius 1 is 0.304 bits per heavy atom. The predicted octanol–water partition coefficient (Wildman–Crippen LogP) is 19.3. The number of esters is 3. The molecular formula is C63H106O6. The zero-order valence-corrected chi connectivity index (χ0v) is 45.0. The van der Waals surface area contributed by atoms with E-state index in [9.17, 15) is 14.4 Å². The molecule has 0 rings (SSSR count). The van der Waals surface area contributed by atoms with Crippen molar-refractivity contribution in [3.05, 3.63) is 97.2 Å². The number of allylic oxidation sites excluding steroid dienone is 16. The highest BCUT2D eigenvalue weighted by Gasteiger charge is 2.19. The van der Waals surface area contributed by atoms with Crippen LogP contribution in [0, 0.1) is 0 Å². The molecule has 0 aliphatic heterocycles. The van der Waals surface area contributed by atoms with Crippen LogP contribution in [0.5, 0.6) is 0 Å². The summed E-state index contributed by atoms with van der Waals surface area (Å²) in [5.74, 6) is -0.986. The summed E-state index contributed by atoms with van der Waals surface area (Å²) in [4.78, 5) is 37.9. The fourth-order valence-corrected chi connectivity index (χ4v) is 7.86. The summed E-state index contributed by atoms with van der Waals surface area (Å²) in [6.45, 7) is 6.33. The van der Waals surface area contributed by atoms with Crippen molar-refractivity contribution in [3.63, 3.8) is 0 Å². The topological polar surface area (TPSA) is 78.9 Å². The second kappa shape index (κ2) is 56.9. The summed E-state index contributed by atoms with van der Waals surface area (Å²) in [6, 6.07) is 0. The maximum absolute atomic E-state index is 12.7. The normalized spacial score (nSPS) is 12.8. The molecule has 0 radical (unpaired) electrons. The van der Waals surface area contributed by atoms with Gasteiger partial charge in [0.05, 0.1) is 0 Å². The minimum atomic E-state index is -0.811. The molecule has 0 fully saturated rings. The Morgan fingerprint density at radius 2 is 0.594 bits per heavy atom. The van der Waals surface area contributed by atoms with E-state index >= 15 is 0 Å². The molecule has 0 aromatic rings. The summed E-state index contributed by atoms with van der Waals surface area (Å²) >= 11 is 0. The minimum absolute atomic E-state index is 0.103. The van der Waals surface area contributed by atoms with Crippen molar-refractivity contribution in [1.82, 2.24) is 0 Å². The van der Waals surface area contributed by atoms with Crippen molar-refractivity contribution in [3.8, 4) is 0 Å².